The lowest BCUT2D eigenvalue weighted by Crippen LogP contribution is -2.16. The zero-order valence-corrected chi connectivity index (χ0v) is 14.0. The Hall–Kier alpha value is -1.52. The fourth-order valence-electron chi connectivity index (χ4n) is 1.93. The monoisotopic (exact) mass is 366 g/mol. The molecule has 0 spiro atoms. The second kappa shape index (κ2) is 7.48. The normalized spacial score (nSPS) is 10.2. The molecule has 5 heteroatoms. The molecule has 2 rings (SSSR count). The summed E-state index contributed by atoms with van der Waals surface area (Å²) in [6, 6.07) is 13.2. The van der Waals surface area contributed by atoms with E-state index in [1.54, 1.807) is 0 Å². The van der Waals surface area contributed by atoms with Crippen LogP contribution >= 0.6 is 27.5 Å². The fourth-order valence-corrected chi connectivity index (χ4v) is 2.55. The van der Waals surface area contributed by atoms with Gasteiger partial charge in [0.1, 0.15) is 0 Å². The zero-order valence-electron chi connectivity index (χ0n) is 11.6. The van der Waals surface area contributed by atoms with Crippen molar-refractivity contribution in [2.75, 3.05) is 17.2 Å². The van der Waals surface area contributed by atoms with Crippen molar-refractivity contribution in [3.05, 3.63) is 57.5 Å². The lowest BCUT2D eigenvalue weighted by molar-refractivity contribution is -0.115. The molecule has 2 aromatic carbocycles. The van der Waals surface area contributed by atoms with Crippen LogP contribution in [0.25, 0.3) is 0 Å². The maximum Gasteiger partial charge on any atom is 0.226 e. The predicted octanol–water partition coefficient (Wildman–Crippen LogP) is 4.85. The highest BCUT2D eigenvalue weighted by molar-refractivity contribution is 9.10. The van der Waals surface area contributed by atoms with Crippen LogP contribution < -0.4 is 10.6 Å². The first kappa shape index (κ1) is 15.9. The van der Waals surface area contributed by atoms with Gasteiger partial charge in [-0.1, -0.05) is 33.6 Å². The highest BCUT2D eigenvalue weighted by atomic mass is 79.9. The molecule has 110 valence electrons. The topological polar surface area (TPSA) is 41.1 Å². The van der Waals surface area contributed by atoms with Crippen molar-refractivity contribution in [2.45, 2.75) is 13.3 Å². The van der Waals surface area contributed by atoms with Gasteiger partial charge in [0.25, 0.3) is 0 Å². The Morgan fingerprint density at radius 2 is 2.05 bits per heavy atom. The Morgan fingerprint density at radius 1 is 1.24 bits per heavy atom. The van der Waals surface area contributed by atoms with Crippen LogP contribution in [0.1, 0.15) is 12.0 Å². The molecular formula is C16H16BrClN2O. The van der Waals surface area contributed by atoms with Gasteiger partial charge in [0.2, 0.25) is 5.91 Å². The van der Waals surface area contributed by atoms with E-state index in [2.05, 4.69) is 26.6 Å². The Kier molecular flexibility index (Phi) is 5.65. The number of halogens is 2. The van der Waals surface area contributed by atoms with Crippen molar-refractivity contribution < 1.29 is 4.79 Å². The Morgan fingerprint density at radius 3 is 2.76 bits per heavy atom. The van der Waals surface area contributed by atoms with Crippen LogP contribution in [0.3, 0.4) is 0 Å². The second-order valence-corrected chi connectivity index (χ2v) is 6.05. The van der Waals surface area contributed by atoms with Crippen molar-refractivity contribution in [1.82, 2.24) is 0 Å². The van der Waals surface area contributed by atoms with Crippen LogP contribution in [-0.4, -0.2) is 12.5 Å². The highest BCUT2D eigenvalue weighted by Crippen LogP contribution is 2.19. The molecule has 0 aliphatic heterocycles. The molecule has 0 fully saturated rings. The molecular weight excluding hydrogens is 352 g/mol. The van der Waals surface area contributed by atoms with Crippen LogP contribution in [0.4, 0.5) is 11.4 Å². The number of amides is 1. The van der Waals surface area contributed by atoms with E-state index >= 15 is 0 Å². The molecule has 0 heterocycles. The van der Waals surface area contributed by atoms with Crippen molar-refractivity contribution in [3.63, 3.8) is 0 Å². The summed E-state index contributed by atoms with van der Waals surface area (Å²) in [7, 11) is 0. The average molecular weight is 368 g/mol. The fraction of sp³-hybridized carbons (Fsp3) is 0.188. The minimum atomic E-state index is -0.0211. The molecule has 0 aromatic heterocycles. The minimum absolute atomic E-state index is 0.0211. The van der Waals surface area contributed by atoms with E-state index in [0.717, 1.165) is 21.4 Å². The van der Waals surface area contributed by atoms with Gasteiger partial charge in [-0.15, -0.1) is 0 Å². The summed E-state index contributed by atoms with van der Waals surface area (Å²) < 4.78 is 0.940. The van der Waals surface area contributed by atoms with E-state index in [1.807, 2.05) is 49.4 Å². The Bertz CT molecular complexity index is 646. The average Bonchev–Trinajstić information content (AvgIpc) is 2.41. The van der Waals surface area contributed by atoms with Gasteiger partial charge in [0, 0.05) is 33.8 Å². The summed E-state index contributed by atoms with van der Waals surface area (Å²) in [5.74, 6) is -0.0211. The maximum atomic E-state index is 11.9. The standard InChI is InChI=1S/C16H16BrClN2O/c1-11-9-13(18)5-6-15(11)19-8-7-16(21)20-14-4-2-3-12(17)10-14/h2-6,9-10,19H,7-8H2,1H3,(H,20,21). The second-order valence-electron chi connectivity index (χ2n) is 4.69. The van der Waals surface area contributed by atoms with Crippen molar-refractivity contribution in [3.8, 4) is 0 Å². The molecule has 0 saturated heterocycles. The predicted molar refractivity (Wildman–Crippen MR) is 92.1 cm³/mol. The molecule has 2 N–H and O–H groups in total. The molecule has 0 aliphatic rings. The SMILES string of the molecule is Cc1cc(Cl)ccc1NCCC(=O)Nc1cccc(Br)c1. The van der Waals surface area contributed by atoms with Gasteiger partial charge < -0.3 is 10.6 Å². The van der Waals surface area contributed by atoms with Crippen LogP contribution in [-0.2, 0) is 4.79 Å². The Labute approximate surface area is 137 Å². The highest BCUT2D eigenvalue weighted by Gasteiger charge is 2.04. The molecule has 0 bridgehead atoms. The molecule has 0 atom stereocenters. The van der Waals surface area contributed by atoms with Crippen LogP contribution in [0.5, 0.6) is 0 Å². The van der Waals surface area contributed by atoms with Gasteiger partial charge in [-0.25, -0.2) is 0 Å². The number of hydrogen-bond acceptors (Lipinski definition) is 2. The van der Waals surface area contributed by atoms with Crippen molar-refractivity contribution in [1.29, 1.82) is 0 Å². The van der Waals surface area contributed by atoms with Crippen LogP contribution in [0.15, 0.2) is 46.9 Å². The molecule has 0 saturated carbocycles. The number of hydrogen-bond donors (Lipinski definition) is 2. The van der Waals surface area contributed by atoms with Gasteiger partial charge in [0.05, 0.1) is 0 Å². The molecule has 0 aliphatic carbocycles. The zero-order chi connectivity index (χ0) is 15.2. The lowest BCUT2D eigenvalue weighted by Gasteiger charge is -2.10. The van der Waals surface area contributed by atoms with Gasteiger partial charge >= 0.3 is 0 Å². The third-order valence-electron chi connectivity index (χ3n) is 2.96. The van der Waals surface area contributed by atoms with E-state index < -0.39 is 0 Å². The Balaban J connectivity index is 1.81. The number of benzene rings is 2. The van der Waals surface area contributed by atoms with Gasteiger partial charge in [-0.3, -0.25) is 4.79 Å². The smallest absolute Gasteiger partial charge is 0.226 e. The number of nitrogens with one attached hydrogen (secondary N) is 2. The molecule has 0 radical (unpaired) electrons. The number of aryl methyl sites for hydroxylation is 1. The van der Waals surface area contributed by atoms with Gasteiger partial charge in [-0.2, -0.15) is 0 Å². The molecule has 0 unspecified atom stereocenters. The third kappa shape index (κ3) is 5.06. The summed E-state index contributed by atoms with van der Waals surface area (Å²) in [5.41, 5.74) is 2.85. The first-order chi connectivity index (χ1) is 10.0. The quantitative estimate of drug-likeness (QED) is 0.793. The third-order valence-corrected chi connectivity index (χ3v) is 3.69. The van der Waals surface area contributed by atoms with Crippen molar-refractivity contribution in [2.24, 2.45) is 0 Å². The number of carbonyl (C=O) groups is 1. The number of anilines is 2. The molecule has 1 amide bonds. The van der Waals surface area contributed by atoms with E-state index in [4.69, 9.17) is 11.6 Å². The summed E-state index contributed by atoms with van der Waals surface area (Å²) in [6.07, 6.45) is 0.397. The van der Waals surface area contributed by atoms with Gasteiger partial charge in [-0.05, 0) is 48.9 Å². The minimum Gasteiger partial charge on any atom is -0.384 e. The summed E-state index contributed by atoms with van der Waals surface area (Å²) >= 11 is 9.28. The molecule has 3 nitrogen and oxygen atoms in total. The first-order valence-corrected chi connectivity index (χ1v) is 7.77. The van der Waals surface area contributed by atoms with E-state index in [1.165, 1.54) is 0 Å². The summed E-state index contributed by atoms with van der Waals surface area (Å²) in [4.78, 5) is 11.9. The van der Waals surface area contributed by atoms with Gasteiger partial charge in [0.15, 0.2) is 0 Å². The molecule has 21 heavy (non-hydrogen) atoms. The largest absolute Gasteiger partial charge is 0.384 e. The lowest BCUT2D eigenvalue weighted by atomic mass is 10.2. The summed E-state index contributed by atoms with van der Waals surface area (Å²) in [5, 5.41) is 6.82. The van der Waals surface area contributed by atoms with E-state index in [9.17, 15) is 4.79 Å². The van der Waals surface area contributed by atoms with E-state index in [-0.39, 0.29) is 5.91 Å². The van der Waals surface area contributed by atoms with Crippen LogP contribution in [0.2, 0.25) is 5.02 Å². The van der Waals surface area contributed by atoms with Crippen molar-refractivity contribution >= 4 is 44.8 Å². The summed E-state index contributed by atoms with van der Waals surface area (Å²) in [6.45, 7) is 2.55. The van der Waals surface area contributed by atoms with E-state index in [0.29, 0.717) is 18.0 Å². The molecule has 2 aromatic rings. The van der Waals surface area contributed by atoms with Crippen LogP contribution in [0, 0.1) is 6.92 Å². The first-order valence-electron chi connectivity index (χ1n) is 6.60. The maximum absolute atomic E-state index is 11.9. The number of carbonyl (C=O) groups excluding carboxylic acids is 1. The number of rotatable bonds is 5.